The number of hydrogen-bond acceptors (Lipinski definition) is 2. The third-order valence-corrected chi connectivity index (χ3v) is 1.87. The minimum Gasteiger partial charge on any atom is -0.504 e. The SMILES string of the molecule is CCCc1n[nH]c(CCC)c1O. The molecule has 2 N–H and O–H groups in total. The first kappa shape index (κ1) is 9.10. The van der Waals surface area contributed by atoms with Crippen molar-refractivity contribution in [3.63, 3.8) is 0 Å². The Morgan fingerprint density at radius 2 is 1.92 bits per heavy atom. The number of hydrogen-bond donors (Lipinski definition) is 2. The van der Waals surface area contributed by atoms with Crippen molar-refractivity contribution in [2.75, 3.05) is 0 Å². The van der Waals surface area contributed by atoms with Crippen LogP contribution in [0.3, 0.4) is 0 Å². The van der Waals surface area contributed by atoms with Gasteiger partial charge in [0.15, 0.2) is 5.75 Å². The lowest BCUT2D eigenvalue weighted by Crippen LogP contribution is -1.83. The fraction of sp³-hybridized carbons (Fsp3) is 0.667. The summed E-state index contributed by atoms with van der Waals surface area (Å²) in [6, 6.07) is 0. The van der Waals surface area contributed by atoms with Gasteiger partial charge in [-0.15, -0.1) is 0 Å². The zero-order valence-corrected chi connectivity index (χ0v) is 7.72. The molecular formula is C9H16N2O. The van der Waals surface area contributed by atoms with Gasteiger partial charge in [-0.1, -0.05) is 26.7 Å². The van der Waals surface area contributed by atoms with E-state index < -0.39 is 0 Å². The molecule has 0 unspecified atom stereocenters. The number of aryl methyl sites for hydroxylation is 2. The molecule has 0 aliphatic heterocycles. The summed E-state index contributed by atoms with van der Waals surface area (Å²) in [5.74, 6) is 0.374. The van der Waals surface area contributed by atoms with Crippen molar-refractivity contribution in [1.29, 1.82) is 0 Å². The lowest BCUT2D eigenvalue weighted by Gasteiger charge is -1.95. The van der Waals surface area contributed by atoms with Crippen LogP contribution in [0.1, 0.15) is 38.1 Å². The third kappa shape index (κ3) is 1.78. The highest BCUT2D eigenvalue weighted by Crippen LogP contribution is 2.21. The monoisotopic (exact) mass is 168 g/mol. The van der Waals surface area contributed by atoms with E-state index in [0.29, 0.717) is 5.75 Å². The Morgan fingerprint density at radius 3 is 2.50 bits per heavy atom. The van der Waals surface area contributed by atoms with Crippen molar-refractivity contribution in [3.05, 3.63) is 11.4 Å². The molecule has 0 atom stereocenters. The molecule has 0 radical (unpaired) electrons. The maximum atomic E-state index is 9.60. The second-order valence-corrected chi connectivity index (χ2v) is 3.00. The van der Waals surface area contributed by atoms with E-state index in [-0.39, 0.29) is 0 Å². The quantitative estimate of drug-likeness (QED) is 0.722. The molecule has 0 aliphatic rings. The number of aromatic nitrogens is 2. The van der Waals surface area contributed by atoms with Gasteiger partial charge < -0.3 is 5.11 Å². The van der Waals surface area contributed by atoms with Gasteiger partial charge in [0.1, 0.15) is 5.69 Å². The number of nitrogens with zero attached hydrogens (tertiary/aromatic N) is 1. The Morgan fingerprint density at radius 1 is 1.25 bits per heavy atom. The fourth-order valence-corrected chi connectivity index (χ4v) is 1.25. The van der Waals surface area contributed by atoms with E-state index >= 15 is 0 Å². The van der Waals surface area contributed by atoms with Gasteiger partial charge in [0.2, 0.25) is 0 Å². The van der Waals surface area contributed by atoms with Gasteiger partial charge in [0, 0.05) is 0 Å². The van der Waals surface area contributed by atoms with Gasteiger partial charge >= 0.3 is 0 Å². The van der Waals surface area contributed by atoms with Crippen molar-refractivity contribution in [2.45, 2.75) is 39.5 Å². The molecule has 0 saturated heterocycles. The summed E-state index contributed by atoms with van der Waals surface area (Å²) in [6.07, 6.45) is 3.78. The molecule has 3 nitrogen and oxygen atoms in total. The first-order valence-electron chi connectivity index (χ1n) is 4.54. The van der Waals surface area contributed by atoms with E-state index in [9.17, 15) is 5.11 Å². The molecule has 3 heteroatoms. The molecule has 0 amide bonds. The highest BCUT2D eigenvalue weighted by Gasteiger charge is 2.09. The molecule has 0 bridgehead atoms. The van der Waals surface area contributed by atoms with Crippen LogP contribution in [-0.2, 0) is 12.8 Å². The maximum absolute atomic E-state index is 9.60. The minimum absolute atomic E-state index is 0.374. The van der Waals surface area contributed by atoms with E-state index in [1.807, 2.05) is 0 Å². The molecule has 1 heterocycles. The molecule has 1 aromatic rings. The summed E-state index contributed by atoms with van der Waals surface area (Å²) >= 11 is 0. The summed E-state index contributed by atoms with van der Waals surface area (Å²) in [7, 11) is 0. The highest BCUT2D eigenvalue weighted by atomic mass is 16.3. The molecule has 1 aromatic heterocycles. The molecule has 1 rings (SSSR count). The zero-order chi connectivity index (χ0) is 8.97. The molecule has 0 spiro atoms. The molecule has 12 heavy (non-hydrogen) atoms. The Kier molecular flexibility index (Phi) is 3.14. The van der Waals surface area contributed by atoms with Crippen molar-refractivity contribution < 1.29 is 5.11 Å². The smallest absolute Gasteiger partial charge is 0.159 e. The van der Waals surface area contributed by atoms with E-state index in [2.05, 4.69) is 24.0 Å². The molecule has 68 valence electrons. The summed E-state index contributed by atoms with van der Waals surface area (Å²) in [4.78, 5) is 0. The summed E-state index contributed by atoms with van der Waals surface area (Å²) < 4.78 is 0. The van der Waals surface area contributed by atoms with E-state index in [1.165, 1.54) is 0 Å². The number of aromatic hydroxyl groups is 1. The van der Waals surface area contributed by atoms with Gasteiger partial charge in [-0.2, -0.15) is 5.10 Å². The Hall–Kier alpha value is -0.990. The van der Waals surface area contributed by atoms with E-state index in [1.54, 1.807) is 0 Å². The lowest BCUT2D eigenvalue weighted by atomic mass is 10.2. The van der Waals surface area contributed by atoms with Crippen LogP contribution >= 0.6 is 0 Å². The standard InChI is InChI=1S/C9H16N2O/c1-3-5-7-9(12)8(6-4-2)11-10-7/h12H,3-6H2,1-2H3,(H,10,11). The lowest BCUT2D eigenvalue weighted by molar-refractivity contribution is 0.460. The first-order chi connectivity index (χ1) is 5.79. The van der Waals surface area contributed by atoms with E-state index in [4.69, 9.17) is 0 Å². The van der Waals surface area contributed by atoms with Crippen molar-refractivity contribution >= 4 is 0 Å². The zero-order valence-electron chi connectivity index (χ0n) is 7.72. The predicted molar refractivity (Wildman–Crippen MR) is 48.2 cm³/mol. The summed E-state index contributed by atoms with van der Waals surface area (Å²) in [6.45, 7) is 4.16. The molecular weight excluding hydrogens is 152 g/mol. The van der Waals surface area contributed by atoms with E-state index in [0.717, 1.165) is 37.1 Å². The normalized spacial score (nSPS) is 10.5. The van der Waals surface area contributed by atoms with Gasteiger partial charge in [-0.25, -0.2) is 0 Å². The van der Waals surface area contributed by atoms with Gasteiger partial charge in [-0.3, -0.25) is 5.10 Å². The van der Waals surface area contributed by atoms with Crippen LogP contribution in [0.15, 0.2) is 0 Å². The first-order valence-corrected chi connectivity index (χ1v) is 4.54. The van der Waals surface area contributed by atoms with Crippen LogP contribution in [0.4, 0.5) is 0 Å². The number of rotatable bonds is 4. The Balaban J connectivity index is 2.74. The second kappa shape index (κ2) is 4.14. The van der Waals surface area contributed by atoms with Crippen LogP contribution < -0.4 is 0 Å². The molecule has 0 saturated carbocycles. The largest absolute Gasteiger partial charge is 0.504 e. The van der Waals surface area contributed by atoms with Crippen LogP contribution in [0.25, 0.3) is 0 Å². The molecule has 0 fully saturated rings. The number of nitrogens with one attached hydrogen (secondary N) is 1. The summed E-state index contributed by atoms with van der Waals surface area (Å²) in [5.41, 5.74) is 1.68. The Labute approximate surface area is 72.8 Å². The topological polar surface area (TPSA) is 48.9 Å². The van der Waals surface area contributed by atoms with Crippen LogP contribution in [0, 0.1) is 0 Å². The highest BCUT2D eigenvalue weighted by molar-refractivity contribution is 5.31. The minimum atomic E-state index is 0.374. The van der Waals surface area contributed by atoms with Gasteiger partial charge in [0.05, 0.1) is 5.69 Å². The molecule has 0 aromatic carbocycles. The number of H-pyrrole nitrogens is 1. The van der Waals surface area contributed by atoms with Crippen molar-refractivity contribution in [3.8, 4) is 5.75 Å². The third-order valence-electron chi connectivity index (χ3n) is 1.87. The predicted octanol–water partition coefficient (Wildman–Crippen LogP) is 2.02. The van der Waals surface area contributed by atoms with Gasteiger partial charge in [0.25, 0.3) is 0 Å². The van der Waals surface area contributed by atoms with Crippen molar-refractivity contribution in [2.24, 2.45) is 0 Å². The fourth-order valence-electron chi connectivity index (χ4n) is 1.25. The van der Waals surface area contributed by atoms with Gasteiger partial charge in [-0.05, 0) is 12.8 Å². The van der Waals surface area contributed by atoms with Crippen LogP contribution in [0.5, 0.6) is 5.75 Å². The van der Waals surface area contributed by atoms with Crippen molar-refractivity contribution in [1.82, 2.24) is 10.2 Å². The van der Waals surface area contributed by atoms with Crippen LogP contribution in [-0.4, -0.2) is 15.3 Å². The van der Waals surface area contributed by atoms with Crippen LogP contribution in [0.2, 0.25) is 0 Å². The average molecular weight is 168 g/mol. The number of aromatic amines is 1. The second-order valence-electron chi connectivity index (χ2n) is 3.00. The maximum Gasteiger partial charge on any atom is 0.159 e. The average Bonchev–Trinajstić information content (AvgIpc) is 2.38. The molecule has 0 aliphatic carbocycles. The summed E-state index contributed by atoms with van der Waals surface area (Å²) in [5, 5.41) is 16.5. The Bertz CT molecular complexity index is 219.